The van der Waals surface area contributed by atoms with Gasteiger partial charge in [0.1, 0.15) is 0 Å². The van der Waals surface area contributed by atoms with E-state index in [2.05, 4.69) is 5.32 Å². The minimum atomic E-state index is -0.664. The summed E-state index contributed by atoms with van der Waals surface area (Å²) in [4.78, 5) is 26.0. The SMILES string of the molecule is CC(C)(C)N1C(=O)c2ccc(NCC(O)CCl)cc2C1=O. The quantitative estimate of drug-likeness (QED) is 0.660. The first-order chi connectivity index (χ1) is 9.75. The van der Waals surface area contributed by atoms with Gasteiger partial charge in [-0.3, -0.25) is 14.5 Å². The van der Waals surface area contributed by atoms with Gasteiger partial charge in [0, 0.05) is 17.8 Å². The van der Waals surface area contributed by atoms with Crippen LogP contribution in [0.3, 0.4) is 0 Å². The minimum Gasteiger partial charge on any atom is -0.390 e. The maximum Gasteiger partial charge on any atom is 0.262 e. The molecule has 114 valence electrons. The number of amides is 2. The second kappa shape index (κ2) is 5.66. The molecule has 0 saturated heterocycles. The molecule has 1 aliphatic rings. The molecule has 2 amide bonds. The lowest BCUT2D eigenvalue weighted by Gasteiger charge is -2.29. The highest BCUT2D eigenvalue weighted by molar-refractivity contribution is 6.22. The highest BCUT2D eigenvalue weighted by Crippen LogP contribution is 2.30. The third-order valence-corrected chi connectivity index (χ3v) is 3.63. The van der Waals surface area contributed by atoms with Gasteiger partial charge in [-0.05, 0) is 39.0 Å². The highest BCUT2D eigenvalue weighted by atomic mass is 35.5. The second-order valence-corrected chi connectivity index (χ2v) is 6.37. The predicted molar refractivity (Wildman–Crippen MR) is 81.9 cm³/mol. The lowest BCUT2D eigenvalue weighted by atomic mass is 10.1. The van der Waals surface area contributed by atoms with Gasteiger partial charge in [-0.15, -0.1) is 11.6 Å². The van der Waals surface area contributed by atoms with Crippen molar-refractivity contribution in [2.75, 3.05) is 17.7 Å². The molecule has 0 aromatic heterocycles. The van der Waals surface area contributed by atoms with E-state index < -0.39 is 11.6 Å². The molecule has 1 aromatic rings. The van der Waals surface area contributed by atoms with E-state index in [1.807, 2.05) is 20.8 Å². The molecule has 0 spiro atoms. The number of alkyl halides is 1. The largest absolute Gasteiger partial charge is 0.390 e. The van der Waals surface area contributed by atoms with Crippen molar-refractivity contribution in [3.63, 3.8) is 0 Å². The molecule has 21 heavy (non-hydrogen) atoms. The molecule has 0 fully saturated rings. The first-order valence-electron chi connectivity index (χ1n) is 6.76. The van der Waals surface area contributed by atoms with Crippen molar-refractivity contribution >= 4 is 29.1 Å². The minimum absolute atomic E-state index is 0.132. The lowest BCUT2D eigenvalue weighted by molar-refractivity contribution is 0.0508. The zero-order chi connectivity index (χ0) is 15.8. The highest BCUT2D eigenvalue weighted by Gasteiger charge is 2.41. The number of imide groups is 1. The van der Waals surface area contributed by atoms with Gasteiger partial charge in [0.05, 0.1) is 23.1 Å². The van der Waals surface area contributed by atoms with Crippen molar-refractivity contribution in [1.82, 2.24) is 4.90 Å². The normalized spacial score (nSPS) is 16.1. The molecule has 5 nitrogen and oxygen atoms in total. The number of hydrogen-bond donors (Lipinski definition) is 2. The van der Waals surface area contributed by atoms with Crippen LogP contribution in [0.5, 0.6) is 0 Å². The number of aliphatic hydroxyl groups is 1. The van der Waals surface area contributed by atoms with Crippen LogP contribution in [-0.2, 0) is 0 Å². The topological polar surface area (TPSA) is 69.6 Å². The van der Waals surface area contributed by atoms with Crippen LogP contribution in [0.15, 0.2) is 18.2 Å². The van der Waals surface area contributed by atoms with Gasteiger partial charge in [-0.25, -0.2) is 0 Å². The molecule has 1 unspecified atom stereocenters. The number of hydrogen-bond acceptors (Lipinski definition) is 4. The third-order valence-electron chi connectivity index (χ3n) is 3.28. The summed E-state index contributed by atoms with van der Waals surface area (Å²) in [5.74, 6) is -0.424. The maximum atomic E-state index is 12.4. The summed E-state index contributed by atoms with van der Waals surface area (Å²) in [6.45, 7) is 5.76. The number of aliphatic hydroxyl groups excluding tert-OH is 1. The van der Waals surface area contributed by atoms with E-state index in [9.17, 15) is 14.7 Å². The summed E-state index contributed by atoms with van der Waals surface area (Å²) in [7, 11) is 0. The number of fused-ring (bicyclic) bond motifs is 1. The Morgan fingerprint density at radius 3 is 2.43 bits per heavy atom. The van der Waals surface area contributed by atoms with E-state index in [0.717, 1.165) is 0 Å². The van der Waals surface area contributed by atoms with Crippen LogP contribution >= 0.6 is 11.6 Å². The number of halogens is 1. The van der Waals surface area contributed by atoms with Gasteiger partial charge in [0.15, 0.2) is 0 Å². The van der Waals surface area contributed by atoms with Crippen LogP contribution in [0.1, 0.15) is 41.5 Å². The van der Waals surface area contributed by atoms with Gasteiger partial charge in [-0.1, -0.05) is 0 Å². The maximum absolute atomic E-state index is 12.4. The molecule has 2 rings (SSSR count). The molecule has 1 aliphatic heterocycles. The number of carbonyl (C=O) groups excluding carboxylic acids is 2. The van der Waals surface area contributed by atoms with Crippen molar-refractivity contribution in [2.24, 2.45) is 0 Å². The Labute approximate surface area is 128 Å². The molecular weight excluding hydrogens is 292 g/mol. The summed E-state index contributed by atoms with van der Waals surface area (Å²) in [5.41, 5.74) is 0.920. The number of nitrogens with one attached hydrogen (secondary N) is 1. The molecule has 1 atom stereocenters. The van der Waals surface area contributed by atoms with Gasteiger partial charge < -0.3 is 10.4 Å². The van der Waals surface area contributed by atoms with E-state index >= 15 is 0 Å². The van der Waals surface area contributed by atoms with E-state index in [4.69, 9.17) is 11.6 Å². The summed E-state index contributed by atoms with van der Waals surface area (Å²) in [5, 5.41) is 12.4. The van der Waals surface area contributed by atoms with Gasteiger partial charge >= 0.3 is 0 Å². The number of carbonyl (C=O) groups is 2. The molecule has 0 radical (unpaired) electrons. The Morgan fingerprint density at radius 1 is 1.24 bits per heavy atom. The van der Waals surface area contributed by atoms with Crippen LogP contribution in [0.2, 0.25) is 0 Å². The molecule has 0 aliphatic carbocycles. The van der Waals surface area contributed by atoms with E-state index in [1.54, 1.807) is 18.2 Å². The first kappa shape index (κ1) is 15.8. The Hall–Kier alpha value is -1.59. The summed E-state index contributed by atoms with van der Waals surface area (Å²) in [6.07, 6.45) is -0.664. The average Bonchev–Trinajstić information content (AvgIpc) is 2.67. The Bertz CT molecular complexity index is 581. The van der Waals surface area contributed by atoms with Crippen LogP contribution in [0, 0.1) is 0 Å². The standard InChI is InChI=1S/C15H19ClN2O3/c1-15(2,3)18-13(20)11-5-4-9(6-12(11)14(18)21)17-8-10(19)7-16/h4-6,10,17,19H,7-8H2,1-3H3. The molecule has 0 bridgehead atoms. The van der Waals surface area contributed by atoms with Crippen molar-refractivity contribution in [3.8, 4) is 0 Å². The Kier molecular flexibility index (Phi) is 4.25. The zero-order valence-corrected chi connectivity index (χ0v) is 13.1. The molecule has 6 heteroatoms. The third kappa shape index (κ3) is 3.04. The molecule has 2 N–H and O–H groups in total. The van der Waals surface area contributed by atoms with Crippen molar-refractivity contribution in [3.05, 3.63) is 29.3 Å². The smallest absolute Gasteiger partial charge is 0.262 e. The summed E-state index contributed by atoms with van der Waals surface area (Å²) >= 11 is 5.53. The number of nitrogens with zero attached hydrogens (tertiary/aromatic N) is 1. The monoisotopic (exact) mass is 310 g/mol. The van der Waals surface area contributed by atoms with Crippen LogP contribution in [0.4, 0.5) is 5.69 Å². The van der Waals surface area contributed by atoms with Crippen molar-refractivity contribution in [2.45, 2.75) is 32.4 Å². The molecular formula is C15H19ClN2O3. The molecule has 1 heterocycles. The van der Waals surface area contributed by atoms with Crippen LogP contribution in [0.25, 0.3) is 0 Å². The second-order valence-electron chi connectivity index (χ2n) is 6.07. The van der Waals surface area contributed by atoms with Crippen LogP contribution < -0.4 is 5.32 Å². The first-order valence-corrected chi connectivity index (χ1v) is 7.30. The van der Waals surface area contributed by atoms with E-state index in [-0.39, 0.29) is 24.2 Å². The number of anilines is 1. The van der Waals surface area contributed by atoms with Gasteiger partial charge in [0.25, 0.3) is 11.8 Å². The van der Waals surface area contributed by atoms with Crippen molar-refractivity contribution in [1.29, 1.82) is 0 Å². The number of rotatable bonds is 4. The van der Waals surface area contributed by atoms with Crippen LogP contribution in [-0.4, -0.2) is 45.9 Å². The Balaban J connectivity index is 2.26. The summed E-state index contributed by atoms with van der Waals surface area (Å²) in [6, 6.07) is 5.00. The fraction of sp³-hybridized carbons (Fsp3) is 0.467. The van der Waals surface area contributed by atoms with Gasteiger partial charge in [0.2, 0.25) is 0 Å². The fourth-order valence-electron chi connectivity index (χ4n) is 2.25. The predicted octanol–water partition coefficient (Wildman–Crippen LogP) is 2.09. The number of benzene rings is 1. The lowest BCUT2D eigenvalue weighted by Crippen LogP contribution is -2.45. The zero-order valence-electron chi connectivity index (χ0n) is 12.3. The molecule has 1 aromatic carbocycles. The van der Waals surface area contributed by atoms with Crippen molar-refractivity contribution < 1.29 is 14.7 Å². The average molecular weight is 311 g/mol. The van der Waals surface area contributed by atoms with E-state index in [1.165, 1.54) is 4.90 Å². The van der Waals surface area contributed by atoms with Gasteiger partial charge in [-0.2, -0.15) is 0 Å². The Morgan fingerprint density at radius 2 is 1.86 bits per heavy atom. The summed E-state index contributed by atoms with van der Waals surface area (Å²) < 4.78 is 0. The van der Waals surface area contributed by atoms with E-state index in [0.29, 0.717) is 16.8 Å². The fourth-order valence-corrected chi connectivity index (χ4v) is 2.36. The molecule has 0 saturated carbocycles.